The Bertz CT molecular complexity index is 417. The van der Waals surface area contributed by atoms with Crippen LogP contribution in [0.3, 0.4) is 0 Å². The first-order chi connectivity index (χ1) is 8.63. The van der Waals surface area contributed by atoms with Gasteiger partial charge in [0.15, 0.2) is 0 Å². The summed E-state index contributed by atoms with van der Waals surface area (Å²) in [6.07, 6.45) is 3.01. The number of halogens is 1. The Hall–Kier alpha value is -1.07. The van der Waals surface area contributed by atoms with Gasteiger partial charge >= 0.3 is 6.03 Å². The van der Waals surface area contributed by atoms with Gasteiger partial charge in [-0.15, -0.1) is 0 Å². The van der Waals surface area contributed by atoms with Crippen molar-refractivity contribution in [1.82, 2.24) is 5.32 Å². The summed E-state index contributed by atoms with van der Waals surface area (Å²) >= 11 is 3.36. The molecule has 1 saturated carbocycles. The SMILES string of the molecule is O=C(Nc1cccc(Br)c1)NC1CCC(O)CC1. The third kappa shape index (κ3) is 3.99. The number of urea groups is 1. The van der Waals surface area contributed by atoms with Crippen LogP contribution in [0, 0.1) is 0 Å². The van der Waals surface area contributed by atoms with Crippen LogP contribution < -0.4 is 10.6 Å². The fourth-order valence-corrected chi connectivity index (χ4v) is 2.54. The molecule has 0 unspecified atom stereocenters. The minimum atomic E-state index is -0.198. The van der Waals surface area contributed by atoms with E-state index in [0.717, 1.165) is 35.8 Å². The largest absolute Gasteiger partial charge is 0.393 e. The molecule has 2 rings (SSSR count). The summed E-state index contributed by atoms with van der Waals surface area (Å²) in [5, 5.41) is 15.1. The molecule has 3 N–H and O–H groups in total. The van der Waals surface area contributed by atoms with Crippen molar-refractivity contribution < 1.29 is 9.90 Å². The summed E-state index contributed by atoms with van der Waals surface area (Å²) in [5.74, 6) is 0. The molecule has 0 spiro atoms. The summed E-state index contributed by atoms with van der Waals surface area (Å²) in [6.45, 7) is 0. The summed E-state index contributed by atoms with van der Waals surface area (Å²) < 4.78 is 0.932. The second kappa shape index (κ2) is 6.20. The first kappa shape index (κ1) is 13.4. The number of hydrogen-bond donors (Lipinski definition) is 3. The third-order valence-electron chi connectivity index (χ3n) is 3.11. The van der Waals surface area contributed by atoms with E-state index in [1.54, 1.807) is 0 Å². The number of carbonyl (C=O) groups excluding carboxylic acids is 1. The topological polar surface area (TPSA) is 61.4 Å². The Morgan fingerprint density at radius 3 is 2.67 bits per heavy atom. The highest BCUT2D eigenvalue weighted by Gasteiger charge is 2.20. The first-order valence-corrected chi connectivity index (χ1v) is 6.94. The number of aliphatic hydroxyl groups is 1. The lowest BCUT2D eigenvalue weighted by Gasteiger charge is -2.26. The lowest BCUT2D eigenvalue weighted by atomic mass is 9.93. The van der Waals surface area contributed by atoms with E-state index in [1.807, 2.05) is 24.3 Å². The van der Waals surface area contributed by atoms with E-state index in [9.17, 15) is 9.90 Å². The maximum Gasteiger partial charge on any atom is 0.319 e. The van der Waals surface area contributed by atoms with Crippen LogP contribution in [0.25, 0.3) is 0 Å². The average Bonchev–Trinajstić information content (AvgIpc) is 2.32. The Balaban J connectivity index is 1.82. The quantitative estimate of drug-likeness (QED) is 0.786. The second-order valence-electron chi connectivity index (χ2n) is 4.61. The molecule has 18 heavy (non-hydrogen) atoms. The van der Waals surface area contributed by atoms with Gasteiger partial charge < -0.3 is 15.7 Å². The molecule has 0 aromatic heterocycles. The fourth-order valence-electron chi connectivity index (χ4n) is 2.14. The van der Waals surface area contributed by atoms with E-state index in [1.165, 1.54) is 0 Å². The maximum atomic E-state index is 11.8. The van der Waals surface area contributed by atoms with Crippen molar-refractivity contribution in [2.75, 3.05) is 5.32 Å². The molecule has 0 aliphatic heterocycles. The summed E-state index contributed by atoms with van der Waals surface area (Å²) in [4.78, 5) is 11.8. The predicted octanol–water partition coefficient (Wildman–Crippen LogP) is 2.87. The van der Waals surface area contributed by atoms with Gasteiger partial charge in [-0.3, -0.25) is 0 Å². The minimum absolute atomic E-state index is 0.167. The summed E-state index contributed by atoms with van der Waals surface area (Å²) in [7, 11) is 0. The molecule has 0 saturated heterocycles. The van der Waals surface area contributed by atoms with Gasteiger partial charge in [-0.2, -0.15) is 0 Å². The normalized spacial score (nSPS) is 23.4. The van der Waals surface area contributed by atoms with E-state index >= 15 is 0 Å². The van der Waals surface area contributed by atoms with E-state index in [4.69, 9.17) is 0 Å². The van der Waals surface area contributed by atoms with Crippen LogP contribution in [0.15, 0.2) is 28.7 Å². The molecule has 98 valence electrons. The average molecular weight is 313 g/mol. The fraction of sp³-hybridized carbons (Fsp3) is 0.462. The van der Waals surface area contributed by atoms with Gasteiger partial charge in [-0.25, -0.2) is 4.79 Å². The monoisotopic (exact) mass is 312 g/mol. The van der Waals surface area contributed by atoms with Crippen LogP contribution in [0.2, 0.25) is 0 Å². The summed E-state index contributed by atoms with van der Waals surface area (Å²) in [5.41, 5.74) is 0.762. The van der Waals surface area contributed by atoms with Gasteiger partial charge in [-0.1, -0.05) is 22.0 Å². The summed E-state index contributed by atoms with van der Waals surface area (Å²) in [6, 6.07) is 7.46. The van der Waals surface area contributed by atoms with Crippen molar-refractivity contribution in [3.8, 4) is 0 Å². The molecule has 2 amide bonds. The van der Waals surface area contributed by atoms with Crippen molar-refractivity contribution in [2.45, 2.75) is 37.8 Å². The van der Waals surface area contributed by atoms with Gasteiger partial charge in [0.25, 0.3) is 0 Å². The van der Waals surface area contributed by atoms with Gasteiger partial charge in [-0.05, 0) is 43.9 Å². The molecule has 1 aliphatic carbocycles. The van der Waals surface area contributed by atoms with Crippen LogP contribution in [0.5, 0.6) is 0 Å². The van der Waals surface area contributed by atoms with Gasteiger partial charge in [0.2, 0.25) is 0 Å². The Morgan fingerprint density at radius 2 is 2.00 bits per heavy atom. The van der Waals surface area contributed by atoms with Crippen molar-refractivity contribution in [3.05, 3.63) is 28.7 Å². The maximum absolute atomic E-state index is 11.8. The van der Waals surface area contributed by atoms with Crippen molar-refractivity contribution in [3.63, 3.8) is 0 Å². The molecule has 0 bridgehead atoms. The standard InChI is InChI=1S/C13H17BrN2O2/c14-9-2-1-3-11(8-9)16-13(18)15-10-4-6-12(17)7-5-10/h1-3,8,10,12,17H,4-7H2,(H2,15,16,18). The third-order valence-corrected chi connectivity index (χ3v) is 3.61. The van der Waals surface area contributed by atoms with E-state index in [0.29, 0.717) is 0 Å². The van der Waals surface area contributed by atoms with Crippen molar-refractivity contribution in [2.24, 2.45) is 0 Å². The molecule has 0 radical (unpaired) electrons. The Labute approximate surface area is 115 Å². The van der Waals surface area contributed by atoms with E-state index in [2.05, 4.69) is 26.6 Å². The van der Waals surface area contributed by atoms with E-state index in [-0.39, 0.29) is 18.2 Å². The van der Waals surface area contributed by atoms with Gasteiger partial charge in [0, 0.05) is 16.2 Å². The number of rotatable bonds is 2. The van der Waals surface area contributed by atoms with Crippen LogP contribution in [0.1, 0.15) is 25.7 Å². The number of carbonyl (C=O) groups is 1. The van der Waals surface area contributed by atoms with Gasteiger partial charge in [0.1, 0.15) is 0 Å². The minimum Gasteiger partial charge on any atom is -0.393 e. The zero-order valence-corrected chi connectivity index (χ0v) is 11.6. The molecule has 0 heterocycles. The van der Waals surface area contributed by atoms with Crippen LogP contribution >= 0.6 is 15.9 Å². The Kier molecular flexibility index (Phi) is 4.60. The van der Waals surface area contributed by atoms with Gasteiger partial charge in [0.05, 0.1) is 6.10 Å². The second-order valence-corrected chi connectivity index (χ2v) is 5.53. The number of nitrogens with one attached hydrogen (secondary N) is 2. The Morgan fingerprint density at radius 1 is 1.28 bits per heavy atom. The lowest BCUT2D eigenvalue weighted by Crippen LogP contribution is -2.40. The van der Waals surface area contributed by atoms with Crippen molar-refractivity contribution in [1.29, 1.82) is 0 Å². The van der Waals surface area contributed by atoms with Crippen LogP contribution in [-0.2, 0) is 0 Å². The predicted molar refractivity (Wildman–Crippen MR) is 74.6 cm³/mol. The van der Waals surface area contributed by atoms with Crippen LogP contribution in [-0.4, -0.2) is 23.3 Å². The number of hydrogen-bond acceptors (Lipinski definition) is 2. The molecule has 0 atom stereocenters. The number of anilines is 1. The zero-order valence-electron chi connectivity index (χ0n) is 10.0. The molecule has 5 heteroatoms. The lowest BCUT2D eigenvalue weighted by molar-refractivity contribution is 0.118. The first-order valence-electron chi connectivity index (χ1n) is 6.14. The molecule has 1 aliphatic rings. The number of aliphatic hydroxyl groups excluding tert-OH is 1. The van der Waals surface area contributed by atoms with E-state index < -0.39 is 0 Å². The smallest absolute Gasteiger partial charge is 0.319 e. The number of benzene rings is 1. The number of amides is 2. The van der Waals surface area contributed by atoms with Crippen molar-refractivity contribution >= 4 is 27.6 Å². The zero-order chi connectivity index (χ0) is 13.0. The van der Waals surface area contributed by atoms with Crippen LogP contribution in [0.4, 0.5) is 10.5 Å². The molecular weight excluding hydrogens is 296 g/mol. The highest BCUT2D eigenvalue weighted by atomic mass is 79.9. The molecular formula is C13H17BrN2O2. The molecule has 1 aromatic rings. The molecule has 4 nitrogen and oxygen atoms in total. The highest BCUT2D eigenvalue weighted by molar-refractivity contribution is 9.10. The molecule has 1 fully saturated rings. The highest BCUT2D eigenvalue weighted by Crippen LogP contribution is 2.19. The molecule has 1 aromatic carbocycles.